The van der Waals surface area contributed by atoms with Crippen LogP contribution in [0.2, 0.25) is 0 Å². The van der Waals surface area contributed by atoms with Crippen molar-refractivity contribution in [1.29, 1.82) is 0 Å². The molecule has 0 saturated carbocycles. The van der Waals surface area contributed by atoms with Gasteiger partial charge in [0.15, 0.2) is 17.3 Å². The first kappa shape index (κ1) is 85.6. The summed E-state index contributed by atoms with van der Waals surface area (Å²) in [6.07, 6.45) is -2.32. The van der Waals surface area contributed by atoms with Gasteiger partial charge in [0.1, 0.15) is 47.1 Å². The number of aromatic amines is 1. The molecule has 2 heterocycles. The number of imidazole rings is 1. The van der Waals surface area contributed by atoms with Gasteiger partial charge in [-0.25, -0.2) is 14.6 Å². The summed E-state index contributed by atoms with van der Waals surface area (Å²) in [6.45, 7) is 27.7. The Labute approximate surface area is 587 Å². The van der Waals surface area contributed by atoms with Crippen LogP contribution in [0.15, 0.2) is 12.1 Å². The summed E-state index contributed by atoms with van der Waals surface area (Å²) >= 11 is 0. The number of carbonyl (C=O) groups is 13. The van der Waals surface area contributed by atoms with Gasteiger partial charge >= 0.3 is 11.9 Å². The minimum Gasteiger partial charge on any atom is -0.465 e. The van der Waals surface area contributed by atoms with Crippen LogP contribution >= 0.6 is 0 Å². The number of carbonyl (C=O) groups excluding carboxylic acids is 13. The smallest absolute Gasteiger partial charge is 0.341 e. The molecule has 1 aliphatic rings. The maximum Gasteiger partial charge on any atom is 0.341 e. The second-order valence-corrected chi connectivity index (χ2v) is 30.0. The number of hydrogen-bond donors (Lipinski definition) is 3. The molecule has 8 amide bonds. The predicted molar refractivity (Wildman–Crippen MR) is 375 cm³/mol. The fraction of sp³-hybridized carbons (Fsp3) is 0.726. The Morgan fingerprint density at radius 3 is 1.49 bits per heavy atom. The number of aromatic nitrogens is 2. The van der Waals surface area contributed by atoms with Crippen LogP contribution in [0.3, 0.4) is 0 Å². The third-order valence-electron chi connectivity index (χ3n) is 19.3. The highest BCUT2D eigenvalue weighted by Gasteiger charge is 2.46. The molecule has 0 unspecified atom stereocenters. The lowest BCUT2D eigenvalue weighted by Crippen LogP contribution is -2.62. The van der Waals surface area contributed by atoms with Crippen LogP contribution in [0.1, 0.15) is 189 Å². The number of fused-ring (bicyclic) bond motifs is 1. The molecule has 1 aliphatic heterocycles. The normalized spacial score (nSPS) is 24.8. The minimum atomic E-state index is -1.73. The summed E-state index contributed by atoms with van der Waals surface area (Å²) < 4.78 is 9.94. The summed E-state index contributed by atoms with van der Waals surface area (Å²) in [5.41, 5.74) is 0.0656. The number of amides is 8. The van der Waals surface area contributed by atoms with Gasteiger partial charge in [-0.05, 0) is 92.6 Å². The fourth-order valence-corrected chi connectivity index (χ4v) is 13.3. The van der Waals surface area contributed by atoms with Crippen molar-refractivity contribution in [3.8, 4) is 0 Å². The number of H-pyrrole nitrogens is 1. The molecular formula is C73H118N10O16. The van der Waals surface area contributed by atoms with Crippen LogP contribution in [0.4, 0.5) is 0 Å². The molecule has 556 valence electrons. The number of aliphatic hydroxyl groups excluding tert-OH is 1. The summed E-state index contributed by atoms with van der Waals surface area (Å²) in [5.74, 6) is -13.9. The van der Waals surface area contributed by atoms with Crippen LogP contribution in [-0.2, 0) is 68.6 Å². The number of hydrogen-bond acceptors (Lipinski definition) is 17. The molecule has 3 N–H and O–H groups in total. The zero-order valence-corrected chi connectivity index (χ0v) is 63.8. The van der Waals surface area contributed by atoms with E-state index in [0.717, 1.165) is 24.0 Å². The minimum absolute atomic E-state index is 0.0472. The number of benzene rings is 1. The fourth-order valence-electron chi connectivity index (χ4n) is 13.3. The Morgan fingerprint density at radius 1 is 0.545 bits per heavy atom. The first-order chi connectivity index (χ1) is 45.9. The Hall–Kier alpha value is -7.64. The molecule has 99 heavy (non-hydrogen) atoms. The van der Waals surface area contributed by atoms with Gasteiger partial charge in [-0.1, -0.05) is 104 Å². The summed E-state index contributed by atoms with van der Waals surface area (Å²) in [5, 5.41) is 15.5. The van der Waals surface area contributed by atoms with E-state index >= 15 is 19.2 Å². The quantitative estimate of drug-likeness (QED) is 0.147. The van der Waals surface area contributed by atoms with Crippen molar-refractivity contribution in [2.75, 3.05) is 70.1 Å². The average Bonchev–Trinajstić information content (AvgIpc) is 1.72. The van der Waals surface area contributed by atoms with E-state index in [4.69, 9.17) is 9.47 Å². The van der Waals surface area contributed by atoms with Crippen molar-refractivity contribution in [2.45, 2.75) is 217 Å². The van der Waals surface area contributed by atoms with E-state index in [1.807, 2.05) is 55.4 Å². The Bertz CT molecular complexity index is 3210. The van der Waals surface area contributed by atoms with Crippen LogP contribution in [0.25, 0.3) is 11.0 Å². The van der Waals surface area contributed by atoms with Gasteiger partial charge in [-0.2, -0.15) is 0 Å². The van der Waals surface area contributed by atoms with Gasteiger partial charge in [-0.15, -0.1) is 0 Å². The number of likely N-dealkylation sites (N-methyl/N-ethyl adjacent to an activating group) is 7. The SMILES string of the molecule is CC[C@@H]1CC(=O)[C@H]([C@H](O)[C@H](C)Cc2nc3c(C(=O)OC)c(C(=O)OC)ccc3[nH]2)N(C)C(=O)[C@H](C(C)C)N(C)C(=O)[C@H](CC(C)C)N(C)C(=O)[C@H](CC(C)C)N(C)C(=O)[C@@H](C)NC(=O)[C@H](C)CC(=O)[C@H](CC(C)C)N(C)C(=O)[C@H](C(C)C)CC(=O)[C@H](CC(C)C)N(C)C(=O)CN(C)C1=O. The predicted octanol–water partition coefficient (Wildman–Crippen LogP) is 6.27. The molecule has 26 nitrogen and oxygen atoms in total. The molecule has 3 rings (SSSR count). The molecule has 1 saturated heterocycles. The van der Waals surface area contributed by atoms with Gasteiger partial charge in [0.25, 0.3) is 0 Å². The highest BCUT2D eigenvalue weighted by molar-refractivity contribution is 6.11. The van der Waals surface area contributed by atoms with Crippen molar-refractivity contribution < 1.29 is 76.9 Å². The Balaban J connectivity index is 2.38. The molecule has 1 aromatic heterocycles. The summed E-state index contributed by atoms with van der Waals surface area (Å²) in [6, 6.07) is -5.87. The highest BCUT2D eigenvalue weighted by atomic mass is 16.5. The number of nitrogens with zero attached hydrogens (tertiary/aromatic N) is 8. The first-order valence-electron chi connectivity index (χ1n) is 35.0. The lowest BCUT2D eigenvalue weighted by atomic mass is 9.84. The van der Waals surface area contributed by atoms with Gasteiger partial charge in [-0.3, -0.25) is 52.7 Å². The van der Waals surface area contributed by atoms with E-state index in [-0.39, 0.29) is 97.5 Å². The zero-order valence-electron chi connectivity index (χ0n) is 63.8. The van der Waals surface area contributed by atoms with Crippen LogP contribution in [0, 0.1) is 59.2 Å². The maximum atomic E-state index is 15.6. The van der Waals surface area contributed by atoms with Crippen molar-refractivity contribution >= 4 is 87.6 Å². The second-order valence-electron chi connectivity index (χ2n) is 30.0. The van der Waals surface area contributed by atoms with Crippen molar-refractivity contribution in [3.05, 3.63) is 29.1 Å². The van der Waals surface area contributed by atoms with Gasteiger partial charge < -0.3 is 59.2 Å². The molecule has 1 aromatic carbocycles. The maximum absolute atomic E-state index is 15.6. The van der Waals surface area contributed by atoms with Gasteiger partial charge in [0.05, 0.1) is 50.0 Å². The standard InChI is InChI=1S/C73H118N10O16/c1-26-47-35-57(86)63(64(88)44(14)34-58-75-50-28-27-48(72(96)98-24)60(61(50)76-58)73(97)99-25)83(23)71(95)62(43(12)13)82(22)70(94)54(32-41(8)9)81(21)69(93)53(31-40(6)7)80(20)66(90)46(16)74-65(89)45(15)33-55(84)52(30-39(4)5)79(19)68(92)49(42(10)11)36-56(85)51(29-38(2)3)78(18)59(87)37-77(17)67(47)91/h27-28,38-47,49,51-54,62-64,88H,26,29-37H2,1-25H3,(H,74,89)(H,75,76)/t44-,45-,46-,47-,49+,51+,52+,53+,54+,62+,63-,64-/m1/s1. The first-order valence-corrected chi connectivity index (χ1v) is 35.0. The highest BCUT2D eigenvalue weighted by Crippen LogP contribution is 2.31. The summed E-state index contributed by atoms with van der Waals surface area (Å²) in [4.78, 5) is 206. The molecular weight excluding hydrogens is 1270 g/mol. The van der Waals surface area contributed by atoms with Crippen molar-refractivity contribution in [3.63, 3.8) is 0 Å². The van der Waals surface area contributed by atoms with Crippen molar-refractivity contribution in [2.24, 2.45) is 59.2 Å². The number of Topliss-reactive ketones (excluding diaryl/α,β-unsaturated/α-hetero) is 3. The molecule has 0 aliphatic carbocycles. The average molecular weight is 1390 g/mol. The number of ketones is 3. The molecule has 2 aromatic rings. The number of methoxy groups -OCH3 is 2. The lowest BCUT2D eigenvalue weighted by Gasteiger charge is -2.41. The van der Waals surface area contributed by atoms with E-state index in [9.17, 15) is 48.3 Å². The molecule has 26 heteroatoms. The molecule has 0 bridgehead atoms. The number of ether oxygens (including phenoxy) is 2. The van der Waals surface area contributed by atoms with Crippen LogP contribution in [-0.4, -0.2) is 244 Å². The second kappa shape index (κ2) is 37.7. The zero-order chi connectivity index (χ0) is 75.8. The van der Waals surface area contributed by atoms with Crippen LogP contribution < -0.4 is 5.32 Å². The van der Waals surface area contributed by atoms with E-state index in [1.54, 1.807) is 41.5 Å². The lowest BCUT2D eigenvalue weighted by molar-refractivity contribution is -0.157. The topological polar surface area (TPSA) is 324 Å². The number of rotatable bonds is 17. The number of esters is 2. The number of aliphatic hydroxyl groups is 1. The monoisotopic (exact) mass is 1390 g/mol. The van der Waals surface area contributed by atoms with E-state index in [2.05, 4.69) is 15.3 Å². The van der Waals surface area contributed by atoms with E-state index in [1.165, 1.54) is 99.8 Å². The third kappa shape index (κ3) is 21.9. The van der Waals surface area contributed by atoms with E-state index in [0.29, 0.717) is 5.52 Å². The Kier molecular flexibility index (Phi) is 32.6. The van der Waals surface area contributed by atoms with E-state index < -0.39 is 173 Å². The molecule has 1 fully saturated rings. The molecule has 0 radical (unpaired) electrons. The molecule has 12 atom stereocenters. The van der Waals surface area contributed by atoms with Gasteiger partial charge in [0.2, 0.25) is 47.3 Å². The van der Waals surface area contributed by atoms with Crippen LogP contribution in [0.5, 0.6) is 0 Å². The Morgan fingerprint density at radius 2 is 1.01 bits per heavy atom. The van der Waals surface area contributed by atoms with Gasteiger partial charge in [0, 0.05) is 92.8 Å². The third-order valence-corrected chi connectivity index (χ3v) is 19.3. The summed E-state index contributed by atoms with van der Waals surface area (Å²) in [7, 11) is 12.2. The number of nitrogens with one attached hydrogen (secondary N) is 2. The van der Waals surface area contributed by atoms with Crippen molar-refractivity contribution in [1.82, 2.24) is 49.6 Å². The largest absolute Gasteiger partial charge is 0.465 e. The molecule has 0 spiro atoms.